The lowest BCUT2D eigenvalue weighted by Crippen LogP contribution is -2.23. The molecule has 1 aliphatic rings. The Morgan fingerprint density at radius 1 is 1.18 bits per heavy atom. The standard InChI is InChI=1S/C11H12F3NO2/c12-11(13,14)7-4-9(17)8(16)3-6(7)10(5-15)1-2-10/h3-4,16-17H,1-2,5,15H2. The number of rotatable bonds is 2. The Bertz CT molecular complexity index is 453. The average molecular weight is 247 g/mol. The first-order chi connectivity index (χ1) is 7.80. The molecule has 0 bridgehead atoms. The van der Waals surface area contributed by atoms with Crippen LogP contribution in [0, 0.1) is 0 Å². The smallest absolute Gasteiger partial charge is 0.416 e. The van der Waals surface area contributed by atoms with E-state index in [0.717, 1.165) is 6.07 Å². The van der Waals surface area contributed by atoms with E-state index in [4.69, 9.17) is 10.8 Å². The average Bonchev–Trinajstić information content (AvgIpc) is 3.00. The molecule has 0 amide bonds. The van der Waals surface area contributed by atoms with Crippen LogP contribution >= 0.6 is 0 Å². The Balaban J connectivity index is 2.61. The van der Waals surface area contributed by atoms with Crippen molar-refractivity contribution < 1.29 is 23.4 Å². The van der Waals surface area contributed by atoms with Crippen LogP contribution in [0.3, 0.4) is 0 Å². The fourth-order valence-electron chi connectivity index (χ4n) is 1.98. The molecule has 1 aromatic rings. The zero-order valence-electron chi connectivity index (χ0n) is 8.88. The van der Waals surface area contributed by atoms with Gasteiger partial charge in [-0.1, -0.05) is 0 Å². The highest BCUT2D eigenvalue weighted by Gasteiger charge is 2.48. The molecule has 0 radical (unpaired) electrons. The molecule has 94 valence electrons. The Labute approximate surface area is 95.7 Å². The van der Waals surface area contributed by atoms with Gasteiger partial charge in [0, 0.05) is 12.0 Å². The van der Waals surface area contributed by atoms with E-state index in [9.17, 15) is 18.3 Å². The molecule has 0 spiro atoms. The van der Waals surface area contributed by atoms with E-state index < -0.39 is 28.7 Å². The van der Waals surface area contributed by atoms with Crippen molar-refractivity contribution in [3.05, 3.63) is 23.3 Å². The Morgan fingerprint density at radius 2 is 1.71 bits per heavy atom. The van der Waals surface area contributed by atoms with Gasteiger partial charge < -0.3 is 15.9 Å². The fraction of sp³-hybridized carbons (Fsp3) is 0.455. The van der Waals surface area contributed by atoms with Crippen LogP contribution in [0.15, 0.2) is 12.1 Å². The second kappa shape index (κ2) is 3.53. The van der Waals surface area contributed by atoms with E-state index in [1.807, 2.05) is 0 Å². The molecular weight excluding hydrogens is 235 g/mol. The third-order valence-electron chi connectivity index (χ3n) is 3.24. The number of phenolic OH excluding ortho intramolecular Hbond substituents is 2. The summed E-state index contributed by atoms with van der Waals surface area (Å²) >= 11 is 0. The van der Waals surface area contributed by atoms with E-state index in [-0.39, 0.29) is 12.1 Å². The number of hydrogen-bond donors (Lipinski definition) is 3. The van der Waals surface area contributed by atoms with Crippen LogP contribution in [0.4, 0.5) is 13.2 Å². The summed E-state index contributed by atoms with van der Waals surface area (Å²) in [7, 11) is 0. The second-order valence-corrected chi connectivity index (χ2v) is 4.37. The van der Waals surface area contributed by atoms with Crippen LogP contribution in [-0.4, -0.2) is 16.8 Å². The minimum Gasteiger partial charge on any atom is -0.504 e. The summed E-state index contributed by atoms with van der Waals surface area (Å²) in [6.45, 7) is 0.0975. The van der Waals surface area contributed by atoms with E-state index >= 15 is 0 Å². The minimum atomic E-state index is -4.56. The monoisotopic (exact) mass is 247 g/mol. The molecule has 0 saturated heterocycles. The lowest BCUT2D eigenvalue weighted by Gasteiger charge is -2.20. The van der Waals surface area contributed by atoms with Crippen LogP contribution in [0.5, 0.6) is 11.5 Å². The van der Waals surface area contributed by atoms with Gasteiger partial charge in [0.25, 0.3) is 0 Å². The summed E-state index contributed by atoms with van der Waals surface area (Å²) in [4.78, 5) is 0. The third kappa shape index (κ3) is 1.93. The molecule has 0 aromatic heterocycles. The summed E-state index contributed by atoms with van der Waals surface area (Å²) in [5.74, 6) is -1.32. The van der Waals surface area contributed by atoms with Crippen molar-refractivity contribution in [3.8, 4) is 11.5 Å². The zero-order chi connectivity index (χ0) is 12.8. The van der Waals surface area contributed by atoms with Gasteiger partial charge in [0.15, 0.2) is 11.5 Å². The highest BCUT2D eigenvalue weighted by molar-refractivity contribution is 5.51. The molecule has 2 rings (SSSR count). The second-order valence-electron chi connectivity index (χ2n) is 4.37. The van der Waals surface area contributed by atoms with E-state index in [1.165, 1.54) is 0 Å². The molecule has 1 aromatic carbocycles. The highest BCUT2D eigenvalue weighted by Crippen LogP contribution is 2.53. The van der Waals surface area contributed by atoms with Gasteiger partial charge >= 0.3 is 6.18 Å². The van der Waals surface area contributed by atoms with Gasteiger partial charge in [-0.25, -0.2) is 0 Å². The SMILES string of the molecule is NCC1(c2cc(O)c(O)cc2C(F)(F)F)CC1. The van der Waals surface area contributed by atoms with E-state index in [1.54, 1.807) is 0 Å². The number of nitrogens with two attached hydrogens (primary N) is 1. The van der Waals surface area contributed by atoms with Crippen molar-refractivity contribution in [1.29, 1.82) is 0 Å². The van der Waals surface area contributed by atoms with Crippen LogP contribution in [-0.2, 0) is 11.6 Å². The number of phenols is 2. The molecule has 4 N–H and O–H groups in total. The van der Waals surface area contributed by atoms with Crippen molar-refractivity contribution in [3.63, 3.8) is 0 Å². The molecule has 17 heavy (non-hydrogen) atoms. The Hall–Kier alpha value is -1.43. The lowest BCUT2D eigenvalue weighted by atomic mass is 9.90. The van der Waals surface area contributed by atoms with Crippen molar-refractivity contribution in [1.82, 2.24) is 0 Å². The Morgan fingerprint density at radius 3 is 2.12 bits per heavy atom. The molecule has 0 aliphatic heterocycles. The molecular formula is C11H12F3NO2. The summed E-state index contributed by atoms with van der Waals surface area (Å²) in [6.07, 6.45) is -3.43. The van der Waals surface area contributed by atoms with Gasteiger partial charge in [-0.15, -0.1) is 0 Å². The number of aromatic hydroxyl groups is 2. The fourth-order valence-corrected chi connectivity index (χ4v) is 1.98. The van der Waals surface area contributed by atoms with Crippen molar-refractivity contribution >= 4 is 0 Å². The van der Waals surface area contributed by atoms with Crippen LogP contribution in [0.1, 0.15) is 24.0 Å². The van der Waals surface area contributed by atoms with Gasteiger partial charge in [0.2, 0.25) is 0 Å². The number of benzene rings is 1. The zero-order valence-corrected chi connectivity index (χ0v) is 8.88. The van der Waals surface area contributed by atoms with Crippen molar-refractivity contribution in [2.24, 2.45) is 5.73 Å². The van der Waals surface area contributed by atoms with Gasteiger partial charge in [-0.05, 0) is 30.5 Å². The first-order valence-electron chi connectivity index (χ1n) is 5.14. The largest absolute Gasteiger partial charge is 0.504 e. The van der Waals surface area contributed by atoms with Gasteiger partial charge in [0.05, 0.1) is 5.56 Å². The predicted molar refractivity (Wildman–Crippen MR) is 54.7 cm³/mol. The van der Waals surface area contributed by atoms with Crippen LogP contribution < -0.4 is 5.73 Å². The maximum Gasteiger partial charge on any atom is 0.416 e. The first-order valence-corrected chi connectivity index (χ1v) is 5.14. The number of halogens is 3. The summed E-state index contributed by atoms with van der Waals surface area (Å²) in [5, 5.41) is 18.5. The van der Waals surface area contributed by atoms with Crippen LogP contribution in [0.2, 0.25) is 0 Å². The summed E-state index contributed by atoms with van der Waals surface area (Å²) < 4.78 is 38.5. The lowest BCUT2D eigenvalue weighted by molar-refractivity contribution is -0.138. The maximum atomic E-state index is 12.8. The Kier molecular flexibility index (Phi) is 2.50. The topological polar surface area (TPSA) is 66.5 Å². The van der Waals surface area contributed by atoms with Crippen molar-refractivity contribution in [2.75, 3.05) is 6.54 Å². The highest BCUT2D eigenvalue weighted by atomic mass is 19.4. The molecule has 6 heteroatoms. The quantitative estimate of drug-likeness (QED) is 0.701. The third-order valence-corrected chi connectivity index (χ3v) is 3.24. The molecule has 0 unspecified atom stereocenters. The van der Waals surface area contributed by atoms with E-state index in [2.05, 4.69) is 0 Å². The van der Waals surface area contributed by atoms with Gasteiger partial charge in [0.1, 0.15) is 0 Å². The van der Waals surface area contributed by atoms with Crippen molar-refractivity contribution in [2.45, 2.75) is 24.4 Å². The molecule has 1 aliphatic carbocycles. The minimum absolute atomic E-state index is 0.0252. The van der Waals surface area contributed by atoms with Crippen LogP contribution in [0.25, 0.3) is 0 Å². The maximum absolute atomic E-state index is 12.8. The van der Waals surface area contributed by atoms with Gasteiger partial charge in [-0.3, -0.25) is 0 Å². The predicted octanol–water partition coefficient (Wildman–Crippen LogP) is 2.11. The number of alkyl halides is 3. The normalized spacial score (nSPS) is 18.1. The van der Waals surface area contributed by atoms with Gasteiger partial charge in [-0.2, -0.15) is 13.2 Å². The molecule has 1 fully saturated rings. The molecule has 0 atom stereocenters. The molecule has 1 saturated carbocycles. The molecule has 3 nitrogen and oxygen atoms in total. The summed E-state index contributed by atoms with van der Waals surface area (Å²) in [5.41, 5.74) is 3.85. The van der Waals surface area contributed by atoms with E-state index in [0.29, 0.717) is 18.9 Å². The molecule has 0 heterocycles. The number of hydrogen-bond acceptors (Lipinski definition) is 3. The first kappa shape index (κ1) is 12.0. The summed E-state index contributed by atoms with van der Waals surface area (Å²) in [6, 6.07) is 1.53.